The molecule has 11 heteroatoms. The number of carbonyl (C=O) groups excluding carboxylic acids is 1. The molecule has 0 spiro atoms. The first-order valence-electron chi connectivity index (χ1n) is 12.7. The third kappa shape index (κ3) is 5.18. The number of anilines is 2. The zero-order valence-electron chi connectivity index (χ0n) is 20.4. The van der Waals surface area contributed by atoms with Crippen LogP contribution in [0.15, 0.2) is 30.0 Å². The van der Waals surface area contributed by atoms with Crippen LogP contribution >= 0.6 is 0 Å². The van der Waals surface area contributed by atoms with Gasteiger partial charge in [0, 0.05) is 57.6 Å². The molecule has 0 amide bonds. The molecule has 37 heavy (non-hydrogen) atoms. The molecule has 2 aromatic rings. The van der Waals surface area contributed by atoms with E-state index in [9.17, 15) is 13.6 Å². The first kappa shape index (κ1) is 23.9. The fourth-order valence-corrected chi connectivity index (χ4v) is 5.21. The maximum absolute atomic E-state index is 14.1. The summed E-state index contributed by atoms with van der Waals surface area (Å²) in [6.07, 6.45) is 4.35. The predicted molar refractivity (Wildman–Crippen MR) is 130 cm³/mol. The van der Waals surface area contributed by atoms with E-state index in [0.29, 0.717) is 52.3 Å². The number of rotatable bonds is 6. The maximum atomic E-state index is 14.1. The summed E-state index contributed by atoms with van der Waals surface area (Å²) in [5, 5.41) is 3.54. The minimum Gasteiger partial charge on any atom is -0.487 e. The Morgan fingerprint density at radius 2 is 1.92 bits per heavy atom. The van der Waals surface area contributed by atoms with Crippen LogP contribution in [0, 0.1) is 11.6 Å². The summed E-state index contributed by atoms with van der Waals surface area (Å²) < 4.78 is 43.8. The van der Waals surface area contributed by atoms with E-state index in [1.165, 1.54) is 12.1 Å². The van der Waals surface area contributed by atoms with E-state index in [0.717, 1.165) is 54.2 Å². The van der Waals surface area contributed by atoms with Crippen LogP contribution in [0.3, 0.4) is 0 Å². The third-order valence-corrected chi connectivity index (χ3v) is 7.24. The average Bonchev–Trinajstić information content (AvgIpc) is 3.57. The minimum absolute atomic E-state index is 0.0750. The number of cyclic esters (lactones) is 1. The lowest BCUT2D eigenvalue weighted by Gasteiger charge is -2.35. The molecule has 2 fully saturated rings. The van der Waals surface area contributed by atoms with Crippen molar-refractivity contribution in [1.82, 2.24) is 14.9 Å². The second kappa shape index (κ2) is 10.1. The quantitative estimate of drug-likeness (QED) is 0.586. The molecule has 0 bridgehead atoms. The van der Waals surface area contributed by atoms with Gasteiger partial charge >= 0.3 is 5.97 Å². The van der Waals surface area contributed by atoms with Crippen molar-refractivity contribution in [2.45, 2.75) is 44.4 Å². The van der Waals surface area contributed by atoms with Crippen LogP contribution in [0.1, 0.15) is 30.7 Å². The number of nitrogens with zero attached hydrogens (tertiary/aromatic N) is 4. The molecular formula is C26H29F2N5O4. The number of piperidine rings is 1. The molecule has 4 aliphatic rings. The number of nitrogens with one attached hydrogen (secondary N) is 1. The van der Waals surface area contributed by atoms with Gasteiger partial charge in [-0.1, -0.05) is 0 Å². The Bertz CT molecular complexity index is 1210. The first-order chi connectivity index (χ1) is 18.0. The lowest BCUT2D eigenvalue weighted by Crippen LogP contribution is -2.40. The molecule has 9 nitrogen and oxygen atoms in total. The molecule has 0 aliphatic carbocycles. The van der Waals surface area contributed by atoms with Crippen LogP contribution in [0.25, 0.3) is 0 Å². The second-order valence-electron chi connectivity index (χ2n) is 9.79. The summed E-state index contributed by atoms with van der Waals surface area (Å²) in [5.74, 6) is -0.00172. The number of esters is 1. The van der Waals surface area contributed by atoms with E-state index < -0.39 is 11.6 Å². The zero-order valence-corrected chi connectivity index (χ0v) is 20.4. The molecule has 0 saturated carbocycles. The molecule has 5 heterocycles. The monoisotopic (exact) mass is 513 g/mol. The maximum Gasteiger partial charge on any atom is 0.333 e. The number of benzene rings is 1. The van der Waals surface area contributed by atoms with E-state index in [2.05, 4.69) is 15.1 Å². The molecule has 0 unspecified atom stereocenters. The number of aromatic nitrogens is 2. The highest BCUT2D eigenvalue weighted by molar-refractivity contribution is 5.85. The van der Waals surface area contributed by atoms with E-state index in [1.54, 1.807) is 6.08 Å². The average molecular weight is 514 g/mol. The number of fused-ring (bicyclic) bond motifs is 1. The third-order valence-electron chi connectivity index (χ3n) is 7.24. The molecule has 1 atom stereocenters. The number of ether oxygens (including phenoxy) is 3. The largest absolute Gasteiger partial charge is 0.487 e. The smallest absolute Gasteiger partial charge is 0.333 e. The first-order valence-corrected chi connectivity index (χ1v) is 12.7. The molecule has 2 saturated heterocycles. The number of carbonyl (C=O) groups is 1. The molecule has 0 radical (unpaired) electrons. The predicted octanol–water partition coefficient (Wildman–Crippen LogP) is 2.80. The van der Waals surface area contributed by atoms with Gasteiger partial charge in [-0.25, -0.2) is 23.5 Å². The molecule has 1 aromatic heterocycles. The van der Waals surface area contributed by atoms with Crippen LogP contribution in [0.4, 0.5) is 20.4 Å². The number of halogens is 2. The summed E-state index contributed by atoms with van der Waals surface area (Å²) in [6, 6.07) is 3.55. The fraction of sp³-hybridized carbons (Fsp3) is 0.500. The van der Waals surface area contributed by atoms with Crippen molar-refractivity contribution < 1.29 is 27.8 Å². The lowest BCUT2D eigenvalue weighted by molar-refractivity contribution is -0.135. The van der Waals surface area contributed by atoms with Crippen LogP contribution in [-0.4, -0.2) is 72.4 Å². The SMILES string of the molecule is O=C1C=C(N2CCc3nc(N4CCC(Oc5ccc(F)cc5F)CC4)c(N[C@@H]4CCOC4)nc3C2)CO1. The number of hydrogen-bond donors (Lipinski definition) is 1. The Hall–Kier alpha value is -3.47. The van der Waals surface area contributed by atoms with Crippen LogP contribution in [-0.2, 0) is 27.2 Å². The molecule has 6 rings (SSSR count). The summed E-state index contributed by atoms with van der Waals surface area (Å²) in [6.45, 7) is 4.29. The Labute approximate surface area is 213 Å². The fourth-order valence-electron chi connectivity index (χ4n) is 5.21. The van der Waals surface area contributed by atoms with Crippen LogP contribution < -0.4 is 15.0 Å². The molecule has 4 aliphatic heterocycles. The minimum atomic E-state index is -0.688. The molecule has 1 aromatic carbocycles. The Morgan fingerprint density at radius 3 is 2.65 bits per heavy atom. The van der Waals surface area contributed by atoms with E-state index in [4.69, 9.17) is 24.2 Å². The van der Waals surface area contributed by atoms with E-state index in [-0.39, 0.29) is 23.9 Å². The van der Waals surface area contributed by atoms with Crippen molar-refractivity contribution in [3.05, 3.63) is 53.0 Å². The van der Waals surface area contributed by atoms with Crippen molar-refractivity contribution in [3.8, 4) is 5.75 Å². The van der Waals surface area contributed by atoms with Gasteiger partial charge in [0.05, 0.1) is 36.3 Å². The van der Waals surface area contributed by atoms with Crippen molar-refractivity contribution in [1.29, 1.82) is 0 Å². The van der Waals surface area contributed by atoms with Gasteiger partial charge in [-0.3, -0.25) is 0 Å². The van der Waals surface area contributed by atoms with Gasteiger partial charge in [-0.05, 0) is 18.6 Å². The topological polar surface area (TPSA) is 89.1 Å². The van der Waals surface area contributed by atoms with Crippen LogP contribution in [0.2, 0.25) is 0 Å². The Morgan fingerprint density at radius 1 is 1.05 bits per heavy atom. The van der Waals surface area contributed by atoms with Gasteiger partial charge in [-0.2, -0.15) is 0 Å². The summed E-state index contributed by atoms with van der Waals surface area (Å²) in [5.41, 5.74) is 2.72. The number of hydrogen-bond acceptors (Lipinski definition) is 9. The van der Waals surface area contributed by atoms with E-state index in [1.807, 2.05) is 0 Å². The second-order valence-corrected chi connectivity index (χ2v) is 9.79. The Balaban J connectivity index is 1.19. The summed E-state index contributed by atoms with van der Waals surface area (Å²) in [4.78, 5) is 25.9. The summed E-state index contributed by atoms with van der Waals surface area (Å²) in [7, 11) is 0. The molecule has 196 valence electrons. The van der Waals surface area contributed by atoms with Crippen molar-refractivity contribution >= 4 is 17.6 Å². The summed E-state index contributed by atoms with van der Waals surface area (Å²) >= 11 is 0. The van der Waals surface area contributed by atoms with Gasteiger partial charge in [0.15, 0.2) is 23.2 Å². The van der Waals surface area contributed by atoms with Gasteiger partial charge in [0.25, 0.3) is 0 Å². The van der Waals surface area contributed by atoms with Gasteiger partial charge < -0.3 is 29.3 Å². The highest BCUT2D eigenvalue weighted by atomic mass is 19.1. The van der Waals surface area contributed by atoms with Gasteiger partial charge in [0.1, 0.15) is 18.5 Å². The molecule has 1 N–H and O–H groups in total. The van der Waals surface area contributed by atoms with Gasteiger partial charge in [0.2, 0.25) is 0 Å². The van der Waals surface area contributed by atoms with Crippen molar-refractivity contribution in [3.63, 3.8) is 0 Å². The molecular weight excluding hydrogens is 484 g/mol. The van der Waals surface area contributed by atoms with E-state index >= 15 is 0 Å². The van der Waals surface area contributed by atoms with Gasteiger partial charge in [-0.15, -0.1) is 0 Å². The highest BCUT2D eigenvalue weighted by Gasteiger charge is 2.30. The standard InChI is InChI=1S/C26H29F2N5O4/c27-16-1-2-23(20(28)11-16)37-19-3-7-32(8-4-19)26-25(29-17-6-10-35-14-17)30-22-13-33(9-5-21(22)31-26)18-12-24(34)36-15-18/h1-2,11-12,17,19H,3-10,13-15H2,(H,29,30)/t17-/m1/s1. The lowest BCUT2D eigenvalue weighted by atomic mass is 10.1. The van der Waals surface area contributed by atoms with Crippen molar-refractivity contribution in [2.24, 2.45) is 0 Å². The van der Waals surface area contributed by atoms with Crippen LogP contribution in [0.5, 0.6) is 5.75 Å². The zero-order chi connectivity index (χ0) is 25.4. The Kier molecular flexibility index (Phi) is 6.54. The van der Waals surface area contributed by atoms with Crippen molar-refractivity contribution in [2.75, 3.05) is 49.7 Å². The normalized spacial score (nSPS) is 22.1. The highest BCUT2D eigenvalue weighted by Crippen LogP contribution is 2.32.